The van der Waals surface area contributed by atoms with Crippen molar-refractivity contribution in [2.75, 3.05) is 5.73 Å². The van der Waals surface area contributed by atoms with E-state index in [0.717, 1.165) is 39.1 Å². The molecule has 0 aliphatic carbocycles. The number of aromatic amines is 2. The molecular weight excluding hydrogens is 436 g/mol. The lowest BCUT2D eigenvalue weighted by molar-refractivity contribution is 0.771. The van der Waals surface area contributed by atoms with Gasteiger partial charge in [-0.2, -0.15) is 15.6 Å². The summed E-state index contributed by atoms with van der Waals surface area (Å²) < 4.78 is 0. The molecule has 0 saturated heterocycles. The second-order valence-corrected chi connectivity index (χ2v) is 8.38. The predicted octanol–water partition coefficient (Wildman–Crippen LogP) is 4.72. The first-order valence-electron chi connectivity index (χ1n) is 11.2. The van der Waals surface area contributed by atoms with Crippen LogP contribution in [0.25, 0.3) is 33.3 Å². The van der Waals surface area contributed by atoms with E-state index in [0.29, 0.717) is 29.0 Å². The van der Waals surface area contributed by atoms with E-state index in [1.54, 1.807) is 0 Å². The van der Waals surface area contributed by atoms with E-state index in [4.69, 9.17) is 10.7 Å². The number of imidazole rings is 1. The molecule has 0 aliphatic heterocycles. The monoisotopic (exact) mass is 456 g/mol. The summed E-state index contributed by atoms with van der Waals surface area (Å²) in [7, 11) is 0. The number of anilines is 1. The van der Waals surface area contributed by atoms with Crippen LogP contribution < -0.4 is 5.73 Å². The Bertz CT molecular complexity index is 1690. The van der Waals surface area contributed by atoms with Crippen LogP contribution in [0, 0.1) is 11.3 Å². The third-order valence-electron chi connectivity index (χ3n) is 6.17. The van der Waals surface area contributed by atoms with Gasteiger partial charge in [0.25, 0.3) is 0 Å². The quantitative estimate of drug-likeness (QED) is 0.344. The lowest BCUT2D eigenvalue weighted by Crippen LogP contribution is -2.08. The molecule has 3 heterocycles. The molecule has 0 aliphatic rings. The first kappa shape index (κ1) is 20.6. The maximum absolute atomic E-state index is 9.61. The number of benzene rings is 3. The Morgan fingerprint density at radius 2 is 1.66 bits per heavy atom. The number of fused-ring (bicyclic) bond motifs is 2. The summed E-state index contributed by atoms with van der Waals surface area (Å²) in [5, 5.41) is 20.8. The summed E-state index contributed by atoms with van der Waals surface area (Å²) in [5.74, 6) is 1.09. The number of nitrogen functional groups attached to an aromatic ring is 1. The van der Waals surface area contributed by atoms with Crippen LogP contribution in [0.5, 0.6) is 0 Å². The van der Waals surface area contributed by atoms with Gasteiger partial charge in [-0.1, -0.05) is 60.7 Å². The number of nitrogens with two attached hydrogens (primary N) is 1. The van der Waals surface area contributed by atoms with Crippen molar-refractivity contribution in [3.05, 3.63) is 101 Å². The maximum Gasteiger partial charge on any atom is 0.203 e. The highest BCUT2D eigenvalue weighted by Gasteiger charge is 2.23. The molecule has 3 aromatic heterocycles. The average Bonchev–Trinajstić information content (AvgIpc) is 3.53. The van der Waals surface area contributed by atoms with Gasteiger partial charge in [0.05, 0.1) is 22.7 Å². The summed E-state index contributed by atoms with van der Waals surface area (Å²) in [4.78, 5) is 12.7. The number of pyridine rings is 1. The van der Waals surface area contributed by atoms with E-state index < -0.39 is 0 Å². The van der Waals surface area contributed by atoms with E-state index in [-0.39, 0.29) is 5.92 Å². The second-order valence-electron chi connectivity index (χ2n) is 8.38. The first-order chi connectivity index (χ1) is 17.2. The van der Waals surface area contributed by atoms with Gasteiger partial charge in [-0.3, -0.25) is 0 Å². The van der Waals surface area contributed by atoms with Crippen LogP contribution in [0.3, 0.4) is 0 Å². The van der Waals surface area contributed by atoms with E-state index in [9.17, 15) is 5.26 Å². The van der Waals surface area contributed by atoms with Crippen molar-refractivity contribution < 1.29 is 0 Å². The average molecular weight is 457 g/mol. The molecule has 168 valence electrons. The van der Waals surface area contributed by atoms with Gasteiger partial charge in [0.2, 0.25) is 5.65 Å². The lowest BCUT2D eigenvalue weighted by Gasteiger charge is -2.17. The number of hydrogen-bond acceptors (Lipinski definition) is 6. The zero-order chi connectivity index (χ0) is 23.8. The molecule has 6 rings (SSSR count). The summed E-state index contributed by atoms with van der Waals surface area (Å²) in [5.41, 5.74) is 13.5. The Morgan fingerprint density at radius 1 is 0.886 bits per heavy atom. The molecular formula is C27H20N8. The molecule has 1 unspecified atom stereocenters. The van der Waals surface area contributed by atoms with Crippen molar-refractivity contribution in [2.24, 2.45) is 0 Å². The fourth-order valence-electron chi connectivity index (χ4n) is 4.60. The molecule has 35 heavy (non-hydrogen) atoms. The number of H-pyrrole nitrogens is 2. The van der Waals surface area contributed by atoms with Gasteiger partial charge in [0, 0.05) is 17.9 Å². The van der Waals surface area contributed by atoms with Crippen molar-refractivity contribution in [3.8, 4) is 17.2 Å². The fourth-order valence-corrected chi connectivity index (χ4v) is 4.60. The lowest BCUT2D eigenvalue weighted by atomic mass is 9.88. The Morgan fingerprint density at radius 3 is 2.43 bits per heavy atom. The molecule has 0 radical (unpaired) electrons. The molecule has 4 N–H and O–H groups in total. The van der Waals surface area contributed by atoms with Gasteiger partial charge in [-0.05, 0) is 34.9 Å². The smallest absolute Gasteiger partial charge is 0.203 e. The largest absolute Gasteiger partial charge is 0.384 e. The Kier molecular flexibility index (Phi) is 4.93. The van der Waals surface area contributed by atoms with Gasteiger partial charge < -0.3 is 10.7 Å². The minimum absolute atomic E-state index is 0.0923. The van der Waals surface area contributed by atoms with E-state index in [1.807, 2.05) is 66.7 Å². The van der Waals surface area contributed by atoms with Gasteiger partial charge in [0.15, 0.2) is 0 Å². The van der Waals surface area contributed by atoms with Crippen LogP contribution in [0.2, 0.25) is 0 Å². The standard InChI is InChI=1S/C27H20N8/c28-15-16-11-20(18-9-5-2-6-10-18)25-22(12-16)30-24(32-25)14-19(17-7-3-1-4-8-17)21-13-23(29)31-27-26(21)33-35-34-27/h1-13,19H,14H2,(H,30,32)(H3,29,31,33,34,35). The molecule has 0 bridgehead atoms. The summed E-state index contributed by atoms with van der Waals surface area (Å²) in [6, 6.07) is 28.0. The van der Waals surface area contributed by atoms with Gasteiger partial charge in [0.1, 0.15) is 17.2 Å². The van der Waals surface area contributed by atoms with Gasteiger partial charge >= 0.3 is 0 Å². The molecule has 0 fully saturated rings. The zero-order valence-electron chi connectivity index (χ0n) is 18.6. The number of nitrogens with zero attached hydrogens (tertiary/aromatic N) is 5. The minimum Gasteiger partial charge on any atom is -0.384 e. The van der Waals surface area contributed by atoms with Gasteiger partial charge in [-0.25, -0.2) is 9.97 Å². The minimum atomic E-state index is -0.0923. The third kappa shape index (κ3) is 3.75. The highest BCUT2D eigenvalue weighted by atomic mass is 15.3. The highest BCUT2D eigenvalue weighted by molar-refractivity contribution is 5.93. The SMILES string of the molecule is N#Cc1cc(-c2ccccc2)c2nc(CC(c3ccccc3)c3cc(N)nc4n[nH]nc34)[nH]c2c1. The van der Waals surface area contributed by atoms with Crippen LogP contribution in [-0.4, -0.2) is 30.4 Å². The van der Waals surface area contributed by atoms with E-state index in [1.165, 1.54) is 0 Å². The summed E-state index contributed by atoms with van der Waals surface area (Å²) >= 11 is 0. The molecule has 8 heteroatoms. The van der Waals surface area contributed by atoms with E-state index in [2.05, 4.69) is 43.6 Å². The molecule has 0 spiro atoms. The molecule has 1 atom stereocenters. The third-order valence-corrected chi connectivity index (χ3v) is 6.17. The summed E-state index contributed by atoms with van der Waals surface area (Å²) in [6.45, 7) is 0. The zero-order valence-corrected chi connectivity index (χ0v) is 18.6. The van der Waals surface area contributed by atoms with Crippen LogP contribution in [0.15, 0.2) is 78.9 Å². The molecule has 6 aromatic rings. The molecule has 0 amide bonds. The predicted molar refractivity (Wildman–Crippen MR) is 134 cm³/mol. The van der Waals surface area contributed by atoms with Crippen LogP contribution in [-0.2, 0) is 6.42 Å². The van der Waals surface area contributed by atoms with Crippen molar-refractivity contribution >= 4 is 28.0 Å². The number of nitriles is 1. The number of rotatable bonds is 5. The molecule has 0 saturated carbocycles. The Balaban J connectivity index is 1.51. The first-order valence-corrected chi connectivity index (χ1v) is 11.2. The van der Waals surface area contributed by atoms with Crippen molar-refractivity contribution in [3.63, 3.8) is 0 Å². The topological polar surface area (TPSA) is 133 Å². The van der Waals surface area contributed by atoms with Crippen LogP contribution in [0.1, 0.15) is 28.4 Å². The molecule has 3 aromatic carbocycles. The number of hydrogen-bond donors (Lipinski definition) is 3. The van der Waals surface area contributed by atoms with E-state index >= 15 is 0 Å². The summed E-state index contributed by atoms with van der Waals surface area (Å²) in [6.07, 6.45) is 0.570. The second kappa shape index (κ2) is 8.39. The Hall–Kier alpha value is -5.03. The Labute approximate surface area is 200 Å². The number of nitrogens with one attached hydrogen (secondary N) is 2. The van der Waals surface area contributed by atoms with Crippen molar-refractivity contribution in [1.82, 2.24) is 30.4 Å². The van der Waals surface area contributed by atoms with Gasteiger partial charge in [-0.15, -0.1) is 5.10 Å². The van der Waals surface area contributed by atoms with Crippen molar-refractivity contribution in [2.45, 2.75) is 12.3 Å². The molecule has 8 nitrogen and oxygen atoms in total. The van der Waals surface area contributed by atoms with Crippen LogP contribution in [0.4, 0.5) is 5.82 Å². The normalized spacial score (nSPS) is 12.1. The fraction of sp³-hybridized carbons (Fsp3) is 0.0741. The highest BCUT2D eigenvalue weighted by Crippen LogP contribution is 2.34. The van der Waals surface area contributed by atoms with Crippen molar-refractivity contribution in [1.29, 1.82) is 5.26 Å². The number of aromatic nitrogens is 6. The van der Waals surface area contributed by atoms with Crippen LogP contribution >= 0.6 is 0 Å². The maximum atomic E-state index is 9.61.